The number of amides is 1. The number of aromatic carboxylic acids is 1. The molecule has 2 heterocycles. The zero-order valence-electron chi connectivity index (χ0n) is 20.3. The van der Waals surface area contributed by atoms with Crippen molar-refractivity contribution >= 4 is 34.4 Å². The lowest BCUT2D eigenvalue weighted by molar-refractivity contribution is -0.117. The Balaban J connectivity index is 1.15. The van der Waals surface area contributed by atoms with E-state index in [9.17, 15) is 9.59 Å². The summed E-state index contributed by atoms with van der Waals surface area (Å²) in [6.45, 7) is 5.16. The van der Waals surface area contributed by atoms with Gasteiger partial charge in [0.15, 0.2) is 5.58 Å². The molecular formula is C28H25N5O4. The van der Waals surface area contributed by atoms with Gasteiger partial charge in [-0.2, -0.15) is 5.26 Å². The van der Waals surface area contributed by atoms with Gasteiger partial charge in [0.05, 0.1) is 23.7 Å². The first-order chi connectivity index (χ1) is 17.9. The number of oxazole rings is 1. The van der Waals surface area contributed by atoms with Crippen molar-refractivity contribution in [3.63, 3.8) is 0 Å². The highest BCUT2D eigenvalue weighted by Crippen LogP contribution is 2.28. The number of carbonyl (C=O) groups excluding carboxylic acids is 1. The standard InChI is InChI=1S/C28H25N5O4/c1-18-14-19(16-29)15-24-26(18)37-27(31-24)20-2-6-22(7-3-20)30-25(34)17-32-10-12-33(13-11-32)23-8-4-21(5-9-23)28(35)36/h2-9,14-15H,10-13,17H2,1H3,(H,30,34)(H,35,36). The molecule has 0 spiro atoms. The van der Waals surface area contributed by atoms with Crippen molar-refractivity contribution in [2.75, 3.05) is 42.9 Å². The first-order valence-electron chi connectivity index (χ1n) is 11.9. The minimum atomic E-state index is -0.937. The number of carboxylic acid groups (broad SMARTS) is 1. The number of carbonyl (C=O) groups is 2. The van der Waals surface area contributed by atoms with Crippen molar-refractivity contribution in [3.05, 3.63) is 77.4 Å². The summed E-state index contributed by atoms with van der Waals surface area (Å²) in [6.07, 6.45) is 0. The Bertz CT molecular complexity index is 1490. The Morgan fingerprint density at radius 2 is 1.76 bits per heavy atom. The van der Waals surface area contributed by atoms with E-state index >= 15 is 0 Å². The number of fused-ring (bicyclic) bond motifs is 1. The molecule has 1 saturated heterocycles. The minimum absolute atomic E-state index is 0.0893. The quantitative estimate of drug-likeness (QED) is 0.409. The second kappa shape index (κ2) is 10.1. The molecule has 1 aliphatic rings. The Morgan fingerprint density at radius 1 is 1.05 bits per heavy atom. The highest BCUT2D eigenvalue weighted by atomic mass is 16.4. The lowest BCUT2D eigenvalue weighted by atomic mass is 10.1. The molecule has 1 aliphatic heterocycles. The van der Waals surface area contributed by atoms with Gasteiger partial charge < -0.3 is 19.7 Å². The summed E-state index contributed by atoms with van der Waals surface area (Å²) in [6, 6.07) is 19.8. The Hall–Kier alpha value is -4.68. The summed E-state index contributed by atoms with van der Waals surface area (Å²) in [5.74, 6) is -0.566. The summed E-state index contributed by atoms with van der Waals surface area (Å²) in [5.41, 5.74) is 5.40. The number of nitrogens with one attached hydrogen (secondary N) is 1. The van der Waals surface area contributed by atoms with Crippen LogP contribution in [0.1, 0.15) is 21.5 Å². The summed E-state index contributed by atoms with van der Waals surface area (Å²) < 4.78 is 5.92. The fourth-order valence-corrected chi connectivity index (χ4v) is 4.47. The highest BCUT2D eigenvalue weighted by molar-refractivity contribution is 5.92. The number of hydrogen-bond acceptors (Lipinski definition) is 7. The van der Waals surface area contributed by atoms with Crippen molar-refractivity contribution in [1.82, 2.24) is 9.88 Å². The van der Waals surface area contributed by atoms with Crippen LogP contribution in [0.5, 0.6) is 0 Å². The maximum absolute atomic E-state index is 12.6. The Labute approximate surface area is 213 Å². The molecule has 4 aromatic rings. The number of piperazine rings is 1. The molecule has 1 amide bonds. The average molecular weight is 496 g/mol. The van der Waals surface area contributed by atoms with Crippen molar-refractivity contribution < 1.29 is 19.1 Å². The molecule has 0 radical (unpaired) electrons. The smallest absolute Gasteiger partial charge is 0.335 e. The molecule has 0 aliphatic carbocycles. The molecule has 37 heavy (non-hydrogen) atoms. The molecule has 0 saturated carbocycles. The van der Waals surface area contributed by atoms with Gasteiger partial charge >= 0.3 is 5.97 Å². The predicted octanol–water partition coefficient (Wildman–Crippen LogP) is 4.13. The molecule has 9 nitrogen and oxygen atoms in total. The fourth-order valence-electron chi connectivity index (χ4n) is 4.47. The molecule has 2 N–H and O–H groups in total. The van der Waals surface area contributed by atoms with E-state index in [0.29, 0.717) is 34.8 Å². The van der Waals surface area contributed by atoms with Gasteiger partial charge in [-0.05, 0) is 73.2 Å². The van der Waals surface area contributed by atoms with Crippen LogP contribution in [0.15, 0.2) is 65.1 Å². The maximum atomic E-state index is 12.6. The van der Waals surface area contributed by atoms with Crippen LogP contribution in [0.25, 0.3) is 22.6 Å². The monoisotopic (exact) mass is 495 g/mol. The lowest BCUT2D eigenvalue weighted by Gasteiger charge is -2.35. The summed E-state index contributed by atoms with van der Waals surface area (Å²) in [4.78, 5) is 32.5. The summed E-state index contributed by atoms with van der Waals surface area (Å²) in [7, 11) is 0. The second-order valence-corrected chi connectivity index (χ2v) is 9.01. The Kier molecular flexibility index (Phi) is 6.58. The molecule has 5 rings (SSSR count). The zero-order valence-corrected chi connectivity index (χ0v) is 20.3. The molecule has 3 aromatic carbocycles. The van der Waals surface area contributed by atoms with Gasteiger partial charge in [0.25, 0.3) is 0 Å². The number of rotatable bonds is 6. The minimum Gasteiger partial charge on any atom is -0.478 e. The van der Waals surface area contributed by atoms with Crippen LogP contribution in [0.4, 0.5) is 11.4 Å². The van der Waals surface area contributed by atoms with Gasteiger partial charge in [-0.25, -0.2) is 9.78 Å². The van der Waals surface area contributed by atoms with E-state index in [4.69, 9.17) is 14.8 Å². The van der Waals surface area contributed by atoms with Crippen LogP contribution < -0.4 is 10.2 Å². The maximum Gasteiger partial charge on any atom is 0.335 e. The van der Waals surface area contributed by atoms with Gasteiger partial charge in [-0.15, -0.1) is 0 Å². The van der Waals surface area contributed by atoms with Crippen molar-refractivity contribution in [1.29, 1.82) is 5.26 Å². The molecule has 0 atom stereocenters. The average Bonchev–Trinajstić information content (AvgIpc) is 3.34. The molecule has 1 fully saturated rings. The van der Waals surface area contributed by atoms with Gasteiger partial charge in [0, 0.05) is 43.1 Å². The number of aromatic nitrogens is 1. The Morgan fingerprint density at radius 3 is 2.41 bits per heavy atom. The number of anilines is 2. The number of aryl methyl sites for hydroxylation is 1. The van der Waals surface area contributed by atoms with Gasteiger partial charge in [0.2, 0.25) is 11.8 Å². The van der Waals surface area contributed by atoms with E-state index in [1.807, 2.05) is 43.3 Å². The number of nitrogens with zero attached hydrogens (tertiary/aromatic N) is 4. The third-order valence-corrected chi connectivity index (χ3v) is 6.44. The van der Waals surface area contributed by atoms with Gasteiger partial charge in [-0.3, -0.25) is 9.69 Å². The van der Waals surface area contributed by atoms with Crippen LogP contribution in [-0.4, -0.2) is 59.6 Å². The van der Waals surface area contributed by atoms with Crippen molar-refractivity contribution in [2.45, 2.75) is 6.92 Å². The molecule has 0 bridgehead atoms. The molecular weight excluding hydrogens is 470 g/mol. The molecule has 9 heteroatoms. The first kappa shape index (κ1) is 24.0. The summed E-state index contributed by atoms with van der Waals surface area (Å²) in [5, 5.41) is 21.2. The SMILES string of the molecule is Cc1cc(C#N)cc2nc(-c3ccc(NC(=O)CN4CCN(c5ccc(C(=O)O)cc5)CC4)cc3)oc12. The fraction of sp³-hybridized carbons (Fsp3) is 0.214. The third kappa shape index (κ3) is 5.29. The normalized spacial score (nSPS) is 13.9. The van der Waals surface area contributed by atoms with E-state index in [1.54, 1.807) is 24.3 Å². The zero-order chi connectivity index (χ0) is 25.9. The van der Waals surface area contributed by atoms with Crippen molar-refractivity contribution in [2.24, 2.45) is 0 Å². The van der Waals surface area contributed by atoms with Crippen LogP contribution in [-0.2, 0) is 4.79 Å². The molecule has 186 valence electrons. The number of carboxylic acids is 1. The topological polar surface area (TPSA) is 123 Å². The van der Waals surface area contributed by atoms with E-state index in [-0.39, 0.29) is 11.5 Å². The largest absolute Gasteiger partial charge is 0.478 e. The number of nitriles is 1. The predicted molar refractivity (Wildman–Crippen MR) is 140 cm³/mol. The number of benzene rings is 3. The molecule has 0 unspecified atom stereocenters. The van der Waals surface area contributed by atoms with Crippen LogP contribution in [0.3, 0.4) is 0 Å². The highest BCUT2D eigenvalue weighted by Gasteiger charge is 2.20. The van der Waals surface area contributed by atoms with Gasteiger partial charge in [0.1, 0.15) is 5.52 Å². The second-order valence-electron chi connectivity index (χ2n) is 9.01. The van der Waals surface area contributed by atoms with E-state index in [2.05, 4.69) is 26.2 Å². The lowest BCUT2D eigenvalue weighted by Crippen LogP contribution is -2.48. The third-order valence-electron chi connectivity index (χ3n) is 6.44. The van der Waals surface area contributed by atoms with E-state index < -0.39 is 5.97 Å². The van der Waals surface area contributed by atoms with Crippen LogP contribution in [0, 0.1) is 18.3 Å². The van der Waals surface area contributed by atoms with E-state index in [1.165, 1.54) is 0 Å². The summed E-state index contributed by atoms with van der Waals surface area (Å²) >= 11 is 0. The number of hydrogen-bond donors (Lipinski definition) is 2. The van der Waals surface area contributed by atoms with Crippen LogP contribution >= 0.6 is 0 Å². The molecule has 1 aromatic heterocycles. The van der Waals surface area contributed by atoms with E-state index in [0.717, 1.165) is 43.0 Å². The van der Waals surface area contributed by atoms with Gasteiger partial charge in [-0.1, -0.05) is 0 Å². The van der Waals surface area contributed by atoms with Crippen molar-refractivity contribution in [3.8, 4) is 17.5 Å². The van der Waals surface area contributed by atoms with Crippen LogP contribution in [0.2, 0.25) is 0 Å². The first-order valence-corrected chi connectivity index (χ1v) is 11.9.